The molecule has 4 nitrogen and oxygen atoms in total. The lowest BCUT2D eigenvalue weighted by atomic mass is 9.91. The molecule has 0 saturated heterocycles. The van der Waals surface area contributed by atoms with Crippen LogP contribution in [0.15, 0.2) is 109 Å². The fourth-order valence-electron chi connectivity index (χ4n) is 3.78. The van der Waals surface area contributed by atoms with E-state index in [1.165, 1.54) is 11.1 Å². The highest BCUT2D eigenvalue weighted by Gasteiger charge is 2.39. The highest BCUT2D eigenvalue weighted by atomic mass is 16.5. The lowest BCUT2D eigenvalue weighted by Crippen LogP contribution is -2.30. The van der Waals surface area contributed by atoms with Gasteiger partial charge in [0.15, 0.2) is 0 Å². The third-order valence-electron chi connectivity index (χ3n) is 5.32. The van der Waals surface area contributed by atoms with Crippen LogP contribution in [-0.2, 0) is 16.8 Å². The first-order chi connectivity index (χ1) is 14.3. The normalized spacial score (nSPS) is 18.3. The van der Waals surface area contributed by atoms with E-state index in [0.29, 0.717) is 19.0 Å². The molecule has 1 aliphatic heterocycles. The largest absolute Gasteiger partial charge is 0.474 e. The van der Waals surface area contributed by atoms with Crippen LogP contribution in [0.2, 0.25) is 0 Å². The molecule has 2 heterocycles. The summed E-state index contributed by atoms with van der Waals surface area (Å²) in [6.07, 6.45) is 5.58. The van der Waals surface area contributed by atoms with Crippen molar-refractivity contribution in [3.63, 3.8) is 0 Å². The van der Waals surface area contributed by atoms with Gasteiger partial charge < -0.3 is 9.30 Å². The standard InChI is InChI=1S/C25H21N3O/c1-3-7-20(8-4-1)21-11-13-22(14-12-21)24-27-25(18-29-24,17-28-16-15-26-19-28)23-9-5-2-6-10-23/h1-16,19H,17-18H2. The molecule has 0 amide bonds. The van der Waals surface area contributed by atoms with Gasteiger partial charge in [-0.05, 0) is 28.8 Å². The van der Waals surface area contributed by atoms with Gasteiger partial charge in [-0.2, -0.15) is 0 Å². The van der Waals surface area contributed by atoms with E-state index in [9.17, 15) is 0 Å². The maximum absolute atomic E-state index is 6.12. The van der Waals surface area contributed by atoms with Gasteiger partial charge in [0.2, 0.25) is 5.90 Å². The molecule has 0 saturated carbocycles. The molecule has 0 N–H and O–H groups in total. The Morgan fingerprint density at radius 1 is 0.793 bits per heavy atom. The summed E-state index contributed by atoms with van der Waals surface area (Å²) in [6.45, 7) is 1.19. The summed E-state index contributed by atoms with van der Waals surface area (Å²) in [4.78, 5) is 9.26. The van der Waals surface area contributed by atoms with Gasteiger partial charge in [-0.25, -0.2) is 9.98 Å². The second-order valence-electron chi connectivity index (χ2n) is 7.28. The molecule has 0 aliphatic carbocycles. The van der Waals surface area contributed by atoms with Crippen LogP contribution in [0.25, 0.3) is 11.1 Å². The minimum absolute atomic E-state index is 0.463. The Labute approximate surface area is 170 Å². The summed E-state index contributed by atoms with van der Waals surface area (Å²) in [5.41, 5.74) is 4.06. The molecule has 1 aliphatic rings. The number of aliphatic imine (C=N–C) groups is 1. The predicted octanol–water partition coefficient (Wildman–Crippen LogP) is 4.92. The Morgan fingerprint density at radius 2 is 1.45 bits per heavy atom. The average molecular weight is 379 g/mol. The van der Waals surface area contributed by atoms with Crippen molar-refractivity contribution in [2.45, 2.75) is 12.1 Å². The molecule has 0 bridgehead atoms. The summed E-state index contributed by atoms with van der Waals surface area (Å²) in [6, 6.07) is 29.1. The molecular weight excluding hydrogens is 358 g/mol. The van der Waals surface area contributed by atoms with Crippen molar-refractivity contribution in [3.8, 4) is 11.1 Å². The van der Waals surface area contributed by atoms with Gasteiger partial charge >= 0.3 is 0 Å². The van der Waals surface area contributed by atoms with Gasteiger partial charge in [0.1, 0.15) is 12.1 Å². The Kier molecular flexibility index (Phi) is 4.45. The molecule has 1 aromatic heterocycles. The third kappa shape index (κ3) is 3.45. The van der Waals surface area contributed by atoms with E-state index in [4.69, 9.17) is 9.73 Å². The Morgan fingerprint density at radius 3 is 2.14 bits per heavy atom. The fraction of sp³-hybridized carbons (Fsp3) is 0.120. The van der Waals surface area contributed by atoms with Crippen molar-refractivity contribution in [3.05, 3.63) is 115 Å². The molecule has 3 aromatic carbocycles. The Hall–Kier alpha value is -3.66. The van der Waals surface area contributed by atoms with Crippen molar-refractivity contribution in [1.29, 1.82) is 0 Å². The van der Waals surface area contributed by atoms with Crippen LogP contribution in [0.4, 0.5) is 0 Å². The zero-order valence-electron chi connectivity index (χ0n) is 16.0. The van der Waals surface area contributed by atoms with Crippen LogP contribution < -0.4 is 0 Å². The molecule has 4 heteroatoms. The van der Waals surface area contributed by atoms with Crippen LogP contribution in [0.3, 0.4) is 0 Å². The van der Waals surface area contributed by atoms with Gasteiger partial charge in [0.05, 0.1) is 12.9 Å². The van der Waals surface area contributed by atoms with E-state index in [-0.39, 0.29) is 0 Å². The lowest BCUT2D eigenvalue weighted by molar-refractivity contribution is 0.236. The monoisotopic (exact) mass is 379 g/mol. The highest BCUT2D eigenvalue weighted by molar-refractivity contribution is 5.96. The molecule has 0 fully saturated rings. The predicted molar refractivity (Wildman–Crippen MR) is 115 cm³/mol. The highest BCUT2D eigenvalue weighted by Crippen LogP contribution is 2.34. The Balaban J connectivity index is 1.49. The van der Waals surface area contributed by atoms with Crippen molar-refractivity contribution >= 4 is 5.90 Å². The minimum atomic E-state index is -0.463. The molecule has 0 radical (unpaired) electrons. The Bertz CT molecular complexity index is 1100. The quantitative estimate of drug-likeness (QED) is 0.494. The second kappa shape index (κ2) is 7.40. The summed E-state index contributed by atoms with van der Waals surface area (Å²) < 4.78 is 8.18. The van der Waals surface area contributed by atoms with Crippen LogP contribution in [0.1, 0.15) is 11.1 Å². The van der Waals surface area contributed by atoms with Gasteiger partial charge in [-0.1, -0.05) is 72.8 Å². The van der Waals surface area contributed by atoms with Gasteiger partial charge in [0.25, 0.3) is 0 Å². The molecule has 1 atom stereocenters. The first kappa shape index (κ1) is 17.4. The zero-order chi connectivity index (χ0) is 19.5. The zero-order valence-corrected chi connectivity index (χ0v) is 16.0. The minimum Gasteiger partial charge on any atom is -0.474 e. The van der Waals surface area contributed by atoms with Gasteiger partial charge in [-0.3, -0.25) is 0 Å². The van der Waals surface area contributed by atoms with E-state index >= 15 is 0 Å². The first-order valence-corrected chi connectivity index (χ1v) is 9.72. The molecule has 29 heavy (non-hydrogen) atoms. The van der Waals surface area contributed by atoms with E-state index in [1.807, 2.05) is 36.8 Å². The van der Waals surface area contributed by atoms with Crippen molar-refractivity contribution in [2.75, 3.05) is 6.61 Å². The number of imidazole rings is 1. The number of aromatic nitrogens is 2. The van der Waals surface area contributed by atoms with Crippen LogP contribution in [0.5, 0.6) is 0 Å². The van der Waals surface area contributed by atoms with Crippen molar-refractivity contribution in [2.24, 2.45) is 4.99 Å². The summed E-state index contributed by atoms with van der Waals surface area (Å²) in [5.74, 6) is 0.689. The molecule has 4 aromatic rings. The van der Waals surface area contributed by atoms with Crippen molar-refractivity contribution in [1.82, 2.24) is 9.55 Å². The SMILES string of the molecule is c1ccc(-c2ccc(C3=NC(Cn4ccnc4)(c4ccccc4)CO3)cc2)cc1. The van der Waals surface area contributed by atoms with Gasteiger partial charge in [-0.15, -0.1) is 0 Å². The summed E-state index contributed by atoms with van der Waals surface area (Å²) in [5, 5.41) is 0. The number of rotatable bonds is 5. The fourth-order valence-corrected chi connectivity index (χ4v) is 3.78. The first-order valence-electron chi connectivity index (χ1n) is 9.72. The van der Waals surface area contributed by atoms with E-state index in [2.05, 4.69) is 70.2 Å². The van der Waals surface area contributed by atoms with E-state index in [1.54, 1.807) is 6.20 Å². The number of hydrogen-bond acceptors (Lipinski definition) is 3. The maximum Gasteiger partial charge on any atom is 0.217 e. The second-order valence-corrected chi connectivity index (χ2v) is 7.28. The maximum atomic E-state index is 6.12. The van der Waals surface area contributed by atoms with E-state index in [0.717, 1.165) is 11.1 Å². The number of benzene rings is 3. The van der Waals surface area contributed by atoms with Crippen molar-refractivity contribution < 1.29 is 4.74 Å². The third-order valence-corrected chi connectivity index (χ3v) is 5.32. The molecule has 1 unspecified atom stereocenters. The van der Waals surface area contributed by atoms with Crippen LogP contribution in [0, 0.1) is 0 Å². The molecule has 5 rings (SSSR count). The number of hydrogen-bond donors (Lipinski definition) is 0. The number of ether oxygens (including phenoxy) is 1. The summed E-state index contributed by atoms with van der Waals surface area (Å²) >= 11 is 0. The topological polar surface area (TPSA) is 39.4 Å². The van der Waals surface area contributed by atoms with Crippen LogP contribution >= 0.6 is 0 Å². The molecule has 0 spiro atoms. The van der Waals surface area contributed by atoms with E-state index < -0.39 is 5.54 Å². The van der Waals surface area contributed by atoms with Gasteiger partial charge in [0, 0.05) is 18.0 Å². The number of nitrogens with zero attached hydrogens (tertiary/aromatic N) is 3. The lowest BCUT2D eigenvalue weighted by Gasteiger charge is -2.25. The average Bonchev–Trinajstić information content (AvgIpc) is 3.46. The smallest absolute Gasteiger partial charge is 0.217 e. The summed E-state index contributed by atoms with van der Waals surface area (Å²) in [7, 11) is 0. The molecule has 142 valence electrons. The van der Waals surface area contributed by atoms with Crippen LogP contribution in [-0.4, -0.2) is 22.1 Å². The molecular formula is C25H21N3O.